The zero-order valence-electron chi connectivity index (χ0n) is 9.64. The summed E-state index contributed by atoms with van der Waals surface area (Å²) >= 11 is 0. The maximum atomic E-state index is 11.8. The third-order valence-corrected chi connectivity index (χ3v) is 2.62. The topological polar surface area (TPSA) is 96.9 Å². The molecule has 4 N–H and O–H groups in total. The fourth-order valence-electron chi connectivity index (χ4n) is 1.67. The third kappa shape index (κ3) is 3.10. The van der Waals surface area contributed by atoms with Crippen molar-refractivity contribution in [3.8, 4) is 0 Å². The van der Waals surface area contributed by atoms with E-state index >= 15 is 0 Å². The van der Waals surface area contributed by atoms with E-state index in [1.807, 2.05) is 13.8 Å². The summed E-state index contributed by atoms with van der Waals surface area (Å²) in [6.45, 7) is 4.39. The lowest BCUT2D eigenvalue weighted by molar-refractivity contribution is -0.130. The van der Waals surface area contributed by atoms with Gasteiger partial charge >= 0.3 is 0 Å². The quantitative estimate of drug-likeness (QED) is 0.275. The number of nitrogens with two attached hydrogens (primary N) is 1. The molecular weight excluding hydrogens is 210 g/mol. The Morgan fingerprint density at radius 1 is 1.62 bits per heavy atom. The number of amides is 1. The van der Waals surface area contributed by atoms with Gasteiger partial charge in [0.1, 0.15) is 6.10 Å². The van der Waals surface area contributed by atoms with Crippen molar-refractivity contribution in [3.63, 3.8) is 0 Å². The van der Waals surface area contributed by atoms with Crippen molar-refractivity contribution in [1.29, 1.82) is 0 Å². The minimum atomic E-state index is -0.457. The number of hydrogen-bond donors (Lipinski definition) is 3. The van der Waals surface area contributed by atoms with Crippen LogP contribution in [0.2, 0.25) is 0 Å². The zero-order chi connectivity index (χ0) is 12.1. The fourth-order valence-corrected chi connectivity index (χ4v) is 1.67. The van der Waals surface area contributed by atoms with Crippen molar-refractivity contribution in [2.75, 3.05) is 6.61 Å². The number of carbonyl (C=O) groups excluding carboxylic acids is 1. The number of hydrogen-bond acceptors (Lipinski definition) is 4. The Labute approximate surface area is 94.8 Å². The Bertz CT molecular complexity index is 272. The first-order valence-corrected chi connectivity index (χ1v) is 5.45. The van der Waals surface area contributed by atoms with Crippen LogP contribution in [-0.2, 0) is 9.53 Å². The number of amidine groups is 1. The van der Waals surface area contributed by atoms with E-state index in [4.69, 9.17) is 15.7 Å². The summed E-state index contributed by atoms with van der Waals surface area (Å²) in [7, 11) is 0. The van der Waals surface area contributed by atoms with Gasteiger partial charge in [-0.2, -0.15) is 0 Å². The number of ether oxygens (including phenoxy) is 1. The van der Waals surface area contributed by atoms with E-state index in [1.54, 1.807) is 0 Å². The minimum Gasteiger partial charge on any atom is -0.409 e. The zero-order valence-corrected chi connectivity index (χ0v) is 9.64. The van der Waals surface area contributed by atoms with Crippen LogP contribution in [0.5, 0.6) is 0 Å². The highest BCUT2D eigenvalue weighted by atomic mass is 16.5. The van der Waals surface area contributed by atoms with Crippen LogP contribution in [0, 0.1) is 5.92 Å². The predicted molar refractivity (Wildman–Crippen MR) is 59.2 cm³/mol. The molecule has 6 heteroatoms. The molecule has 2 unspecified atom stereocenters. The molecule has 0 spiro atoms. The van der Waals surface area contributed by atoms with E-state index in [1.165, 1.54) is 0 Å². The second kappa shape index (κ2) is 5.69. The Morgan fingerprint density at radius 3 is 2.75 bits per heavy atom. The van der Waals surface area contributed by atoms with Gasteiger partial charge in [-0.3, -0.25) is 4.79 Å². The molecule has 1 saturated heterocycles. The number of carbonyl (C=O) groups is 1. The summed E-state index contributed by atoms with van der Waals surface area (Å²) in [6, 6.07) is -0.457. The second-order valence-electron chi connectivity index (χ2n) is 4.26. The van der Waals surface area contributed by atoms with E-state index in [0.717, 1.165) is 12.8 Å². The highest BCUT2D eigenvalue weighted by Gasteiger charge is 2.28. The average molecular weight is 229 g/mol. The monoisotopic (exact) mass is 229 g/mol. The summed E-state index contributed by atoms with van der Waals surface area (Å²) in [5.41, 5.74) is 5.51. The largest absolute Gasteiger partial charge is 0.409 e. The molecule has 1 heterocycles. The van der Waals surface area contributed by atoms with E-state index in [2.05, 4.69) is 10.5 Å². The van der Waals surface area contributed by atoms with Crippen LogP contribution in [0.3, 0.4) is 0 Å². The molecule has 0 saturated carbocycles. The Kier molecular flexibility index (Phi) is 4.54. The van der Waals surface area contributed by atoms with Crippen molar-refractivity contribution in [1.82, 2.24) is 5.32 Å². The van der Waals surface area contributed by atoms with E-state index in [-0.39, 0.29) is 17.7 Å². The lowest BCUT2D eigenvalue weighted by atomic mass is 10.0. The SMILES string of the molecule is CC(C)C(NC(=O)C1CCCO1)C(N)=NO. The first kappa shape index (κ1) is 12.8. The standard InChI is InChI=1S/C10H19N3O3/c1-6(2)8(9(11)13-15)12-10(14)7-4-3-5-16-7/h6-8,15H,3-5H2,1-2H3,(H2,11,13)(H,12,14). The number of rotatable bonds is 4. The highest BCUT2D eigenvalue weighted by Crippen LogP contribution is 2.13. The first-order chi connectivity index (χ1) is 7.56. The molecule has 0 aromatic carbocycles. The van der Waals surface area contributed by atoms with Gasteiger partial charge in [-0.25, -0.2) is 0 Å². The molecule has 0 bridgehead atoms. The van der Waals surface area contributed by atoms with Gasteiger partial charge in [0.05, 0.1) is 6.04 Å². The molecule has 0 aromatic heterocycles. The van der Waals surface area contributed by atoms with Crippen molar-refractivity contribution in [2.24, 2.45) is 16.8 Å². The molecular formula is C10H19N3O3. The van der Waals surface area contributed by atoms with Gasteiger partial charge in [0.15, 0.2) is 5.84 Å². The normalized spacial score (nSPS) is 23.4. The van der Waals surface area contributed by atoms with E-state index < -0.39 is 12.1 Å². The molecule has 0 aromatic rings. The molecule has 6 nitrogen and oxygen atoms in total. The molecule has 1 fully saturated rings. The van der Waals surface area contributed by atoms with Gasteiger partial charge in [-0.05, 0) is 18.8 Å². The van der Waals surface area contributed by atoms with Gasteiger partial charge < -0.3 is 21.0 Å². The molecule has 92 valence electrons. The molecule has 1 aliphatic rings. The highest BCUT2D eigenvalue weighted by molar-refractivity contribution is 5.91. The van der Waals surface area contributed by atoms with Gasteiger partial charge in [0.25, 0.3) is 0 Å². The maximum absolute atomic E-state index is 11.8. The van der Waals surface area contributed by atoms with Crippen LogP contribution in [0.15, 0.2) is 5.16 Å². The maximum Gasteiger partial charge on any atom is 0.249 e. The van der Waals surface area contributed by atoms with Crippen molar-refractivity contribution >= 4 is 11.7 Å². The fraction of sp³-hybridized carbons (Fsp3) is 0.800. The lowest BCUT2D eigenvalue weighted by Gasteiger charge is -2.22. The van der Waals surface area contributed by atoms with Crippen molar-refractivity contribution in [3.05, 3.63) is 0 Å². The van der Waals surface area contributed by atoms with Crippen LogP contribution in [0.25, 0.3) is 0 Å². The smallest absolute Gasteiger partial charge is 0.249 e. The van der Waals surface area contributed by atoms with Crippen molar-refractivity contribution in [2.45, 2.75) is 38.8 Å². The van der Waals surface area contributed by atoms with Gasteiger partial charge in [0.2, 0.25) is 5.91 Å². The number of oxime groups is 1. The summed E-state index contributed by atoms with van der Waals surface area (Å²) in [5.74, 6) is -0.120. The van der Waals surface area contributed by atoms with Crippen LogP contribution < -0.4 is 11.1 Å². The van der Waals surface area contributed by atoms with Crippen molar-refractivity contribution < 1.29 is 14.7 Å². The molecule has 2 atom stereocenters. The second-order valence-corrected chi connectivity index (χ2v) is 4.26. The van der Waals surface area contributed by atoms with Gasteiger partial charge in [-0.15, -0.1) is 0 Å². The summed E-state index contributed by atoms with van der Waals surface area (Å²) in [5, 5.41) is 14.3. The average Bonchev–Trinajstić information content (AvgIpc) is 2.77. The molecule has 16 heavy (non-hydrogen) atoms. The van der Waals surface area contributed by atoms with Crippen LogP contribution in [0.1, 0.15) is 26.7 Å². The lowest BCUT2D eigenvalue weighted by Crippen LogP contribution is -2.50. The van der Waals surface area contributed by atoms with Gasteiger partial charge in [0, 0.05) is 6.61 Å². The van der Waals surface area contributed by atoms with Crippen LogP contribution in [0.4, 0.5) is 0 Å². The Balaban J connectivity index is 2.57. The predicted octanol–water partition coefficient (Wildman–Crippen LogP) is 0.0526. The van der Waals surface area contributed by atoms with Crippen LogP contribution in [-0.4, -0.2) is 35.7 Å². The minimum absolute atomic E-state index is 0.0151. The number of nitrogens with one attached hydrogen (secondary N) is 1. The van der Waals surface area contributed by atoms with E-state index in [9.17, 15) is 4.79 Å². The number of nitrogens with zero attached hydrogens (tertiary/aromatic N) is 1. The molecule has 1 aliphatic heterocycles. The molecule has 1 amide bonds. The molecule has 0 aliphatic carbocycles. The van der Waals surface area contributed by atoms with E-state index in [0.29, 0.717) is 6.61 Å². The summed E-state index contributed by atoms with van der Waals surface area (Å²) in [6.07, 6.45) is 1.23. The third-order valence-electron chi connectivity index (χ3n) is 2.62. The summed E-state index contributed by atoms with van der Waals surface area (Å²) < 4.78 is 5.25. The molecule has 1 rings (SSSR count). The molecule has 0 radical (unpaired) electrons. The first-order valence-electron chi connectivity index (χ1n) is 5.45. The summed E-state index contributed by atoms with van der Waals surface area (Å²) in [4.78, 5) is 11.8. The Hall–Kier alpha value is -1.30. The Morgan fingerprint density at radius 2 is 2.31 bits per heavy atom. The van der Waals surface area contributed by atoms with Gasteiger partial charge in [-0.1, -0.05) is 19.0 Å². The van der Waals surface area contributed by atoms with Crippen LogP contribution >= 0.6 is 0 Å².